The van der Waals surface area contributed by atoms with Gasteiger partial charge in [0.15, 0.2) is 10.9 Å². The quantitative estimate of drug-likeness (QED) is 0.411. The van der Waals surface area contributed by atoms with E-state index in [4.69, 9.17) is 21.4 Å². The van der Waals surface area contributed by atoms with Crippen molar-refractivity contribution in [2.45, 2.75) is 0 Å². The highest BCUT2D eigenvalue weighted by atomic mass is 32.1. The van der Waals surface area contributed by atoms with Gasteiger partial charge in [0.1, 0.15) is 5.75 Å². The van der Waals surface area contributed by atoms with E-state index < -0.39 is 0 Å². The number of hydrogen-bond donors (Lipinski definition) is 3. The number of benzene rings is 2. The van der Waals surface area contributed by atoms with E-state index in [-0.39, 0.29) is 22.7 Å². The van der Waals surface area contributed by atoms with Gasteiger partial charge in [-0.25, -0.2) is 0 Å². The molecule has 3 aromatic rings. The number of nitrogens with one attached hydrogen (secondary N) is 3. The number of anilines is 2. The second-order valence-corrected chi connectivity index (χ2v) is 6.47. The molecule has 0 aliphatic rings. The number of carbonyl (C=O) groups is 2. The monoisotopic (exact) mass is 421 g/mol. The van der Waals surface area contributed by atoms with Crippen LogP contribution in [0.5, 0.6) is 5.75 Å². The number of methoxy groups -OCH3 is 1. The molecule has 7 nitrogen and oxygen atoms in total. The lowest BCUT2D eigenvalue weighted by Gasteiger charge is -2.09. The Morgan fingerprint density at radius 3 is 2.23 bits per heavy atom. The number of carbonyl (C=O) groups excluding carboxylic acids is 2. The zero-order chi connectivity index (χ0) is 21.3. The van der Waals surface area contributed by atoms with Gasteiger partial charge in [0.05, 0.1) is 13.4 Å². The number of hydrogen-bond acceptors (Lipinski definition) is 5. The Morgan fingerprint density at radius 1 is 0.967 bits per heavy atom. The smallest absolute Gasteiger partial charge is 0.291 e. The molecule has 8 heteroatoms. The summed E-state index contributed by atoms with van der Waals surface area (Å²) in [5.41, 5.74) is 2.12. The molecule has 0 saturated heterocycles. The van der Waals surface area contributed by atoms with Crippen molar-refractivity contribution in [1.82, 2.24) is 5.32 Å². The van der Waals surface area contributed by atoms with E-state index in [1.54, 1.807) is 49.6 Å². The van der Waals surface area contributed by atoms with Crippen molar-refractivity contribution in [3.05, 3.63) is 84.3 Å². The Labute approximate surface area is 178 Å². The van der Waals surface area contributed by atoms with Gasteiger partial charge >= 0.3 is 0 Å². The summed E-state index contributed by atoms with van der Waals surface area (Å²) in [6, 6.07) is 17.4. The van der Waals surface area contributed by atoms with Gasteiger partial charge in [0, 0.05) is 17.5 Å². The van der Waals surface area contributed by atoms with Gasteiger partial charge in [-0.1, -0.05) is 12.1 Å². The summed E-state index contributed by atoms with van der Waals surface area (Å²) in [6.45, 7) is 0. The molecule has 0 aliphatic carbocycles. The molecule has 1 heterocycles. The second-order valence-electron chi connectivity index (χ2n) is 6.06. The summed E-state index contributed by atoms with van der Waals surface area (Å²) in [6.07, 6.45) is 4.50. The maximum Gasteiger partial charge on any atom is 0.291 e. The van der Waals surface area contributed by atoms with Crippen molar-refractivity contribution >= 4 is 46.6 Å². The summed E-state index contributed by atoms with van der Waals surface area (Å²) >= 11 is 5.16. The molecule has 0 atom stereocenters. The minimum atomic E-state index is -0.356. The lowest BCUT2D eigenvalue weighted by molar-refractivity contribution is -0.115. The molecular formula is C22H19N3O4S. The minimum Gasteiger partial charge on any atom is -0.497 e. The molecule has 1 aromatic heterocycles. The van der Waals surface area contributed by atoms with E-state index in [0.717, 1.165) is 11.3 Å². The third kappa shape index (κ3) is 6.05. The van der Waals surface area contributed by atoms with Crippen LogP contribution < -0.4 is 20.7 Å². The predicted octanol–water partition coefficient (Wildman–Crippen LogP) is 4.07. The first-order chi connectivity index (χ1) is 14.5. The van der Waals surface area contributed by atoms with Gasteiger partial charge in [0.2, 0.25) is 5.91 Å². The topological polar surface area (TPSA) is 92.6 Å². The van der Waals surface area contributed by atoms with Crippen molar-refractivity contribution in [3.8, 4) is 5.75 Å². The average Bonchev–Trinajstić information content (AvgIpc) is 3.29. The average molecular weight is 421 g/mol. The molecule has 0 aliphatic heterocycles. The Kier molecular flexibility index (Phi) is 6.96. The molecule has 3 rings (SSSR count). The molecule has 0 fully saturated rings. The fourth-order valence-electron chi connectivity index (χ4n) is 2.44. The van der Waals surface area contributed by atoms with E-state index in [0.29, 0.717) is 11.4 Å². The van der Waals surface area contributed by atoms with Crippen LogP contribution in [0, 0.1) is 0 Å². The highest BCUT2D eigenvalue weighted by Gasteiger charge is 2.08. The van der Waals surface area contributed by atoms with Gasteiger partial charge < -0.3 is 19.8 Å². The van der Waals surface area contributed by atoms with E-state index in [9.17, 15) is 9.59 Å². The minimum absolute atomic E-state index is 0.159. The van der Waals surface area contributed by atoms with Gasteiger partial charge in [0.25, 0.3) is 5.91 Å². The third-order valence-electron chi connectivity index (χ3n) is 3.93. The van der Waals surface area contributed by atoms with Crippen LogP contribution in [-0.4, -0.2) is 24.0 Å². The molecule has 3 N–H and O–H groups in total. The molecule has 0 saturated carbocycles. The van der Waals surface area contributed by atoms with Gasteiger partial charge in [-0.2, -0.15) is 0 Å². The third-order valence-corrected chi connectivity index (χ3v) is 4.13. The lowest BCUT2D eigenvalue weighted by Crippen LogP contribution is -2.32. The number of furan rings is 1. The van der Waals surface area contributed by atoms with E-state index in [1.807, 2.05) is 24.3 Å². The van der Waals surface area contributed by atoms with Crippen LogP contribution in [0.2, 0.25) is 0 Å². The van der Waals surface area contributed by atoms with Crippen LogP contribution in [0.4, 0.5) is 11.4 Å². The fraction of sp³-hybridized carbons (Fsp3) is 0.0455. The Bertz CT molecular complexity index is 1040. The van der Waals surface area contributed by atoms with Crippen LogP contribution in [-0.2, 0) is 4.79 Å². The number of rotatable bonds is 6. The van der Waals surface area contributed by atoms with E-state index in [2.05, 4.69) is 16.0 Å². The standard InChI is InChI=1S/C22H19N3O4S/c1-28-18-11-4-15(5-12-18)6-13-20(26)25-22(30)24-17-9-7-16(8-10-17)23-21(27)19-3-2-14-29-19/h2-14H,1H3,(H,23,27)(H2,24,25,26,30). The first kappa shape index (κ1) is 20.8. The summed E-state index contributed by atoms with van der Waals surface area (Å²) in [5.74, 6) is 0.273. The normalized spacial score (nSPS) is 10.4. The molecule has 2 amide bonds. The number of ether oxygens (including phenoxy) is 1. The molecule has 30 heavy (non-hydrogen) atoms. The van der Waals surface area contributed by atoms with Crippen LogP contribution >= 0.6 is 12.2 Å². The van der Waals surface area contributed by atoms with Crippen molar-refractivity contribution < 1.29 is 18.7 Å². The highest BCUT2D eigenvalue weighted by Crippen LogP contribution is 2.15. The number of thiocarbonyl (C=S) groups is 1. The molecule has 0 unspecified atom stereocenters. The predicted molar refractivity (Wildman–Crippen MR) is 119 cm³/mol. The molecule has 0 radical (unpaired) electrons. The van der Waals surface area contributed by atoms with E-state index >= 15 is 0 Å². The molecule has 0 bridgehead atoms. The number of amides is 2. The Hall–Kier alpha value is -3.91. The largest absolute Gasteiger partial charge is 0.497 e. The maximum atomic E-state index is 12.0. The summed E-state index contributed by atoms with van der Waals surface area (Å²) in [4.78, 5) is 24.0. The first-order valence-corrected chi connectivity index (χ1v) is 9.33. The van der Waals surface area contributed by atoms with Gasteiger partial charge in [-0.15, -0.1) is 0 Å². The van der Waals surface area contributed by atoms with E-state index in [1.165, 1.54) is 12.3 Å². The summed E-state index contributed by atoms with van der Waals surface area (Å²) < 4.78 is 10.1. The first-order valence-electron chi connectivity index (χ1n) is 8.92. The summed E-state index contributed by atoms with van der Waals surface area (Å²) in [7, 11) is 1.59. The van der Waals surface area contributed by atoms with Gasteiger partial charge in [-0.3, -0.25) is 14.9 Å². The molecule has 2 aromatic carbocycles. The Balaban J connectivity index is 1.48. The zero-order valence-corrected chi connectivity index (χ0v) is 16.9. The molecular weight excluding hydrogens is 402 g/mol. The van der Waals surface area contributed by atoms with Crippen LogP contribution in [0.15, 0.2) is 77.4 Å². The van der Waals surface area contributed by atoms with Crippen molar-refractivity contribution in [2.24, 2.45) is 0 Å². The van der Waals surface area contributed by atoms with Crippen molar-refractivity contribution in [1.29, 1.82) is 0 Å². The SMILES string of the molecule is COc1ccc(C=CC(=O)NC(=S)Nc2ccc(NC(=O)c3ccco3)cc2)cc1. The fourth-order valence-corrected chi connectivity index (χ4v) is 2.66. The van der Waals surface area contributed by atoms with Crippen LogP contribution in [0.1, 0.15) is 16.1 Å². The second kappa shape index (κ2) is 10.0. The highest BCUT2D eigenvalue weighted by molar-refractivity contribution is 7.80. The molecule has 0 spiro atoms. The maximum absolute atomic E-state index is 12.0. The van der Waals surface area contributed by atoms with Crippen molar-refractivity contribution in [3.63, 3.8) is 0 Å². The Morgan fingerprint density at radius 2 is 1.63 bits per heavy atom. The zero-order valence-electron chi connectivity index (χ0n) is 16.0. The summed E-state index contributed by atoms with van der Waals surface area (Å²) in [5, 5.41) is 8.36. The van der Waals surface area contributed by atoms with Gasteiger partial charge in [-0.05, 0) is 72.4 Å². The van der Waals surface area contributed by atoms with Crippen molar-refractivity contribution in [2.75, 3.05) is 17.7 Å². The van der Waals surface area contributed by atoms with Crippen LogP contribution in [0.25, 0.3) is 6.08 Å². The lowest BCUT2D eigenvalue weighted by atomic mass is 10.2. The molecule has 152 valence electrons. The van der Waals surface area contributed by atoms with Crippen LogP contribution in [0.3, 0.4) is 0 Å².